The van der Waals surface area contributed by atoms with Gasteiger partial charge in [0.25, 0.3) is 0 Å². The molecule has 0 amide bonds. The first-order valence-electron chi connectivity index (χ1n) is 22.9. The van der Waals surface area contributed by atoms with Crippen molar-refractivity contribution in [1.82, 2.24) is 9.55 Å². The number of fused-ring (bicyclic) bond motifs is 3. The Hall–Kier alpha value is -5.81. The standard InChI is InChI=1S/C58H68N4O/c1-38(2)28-39-29-43(56(6,7)8)33-44(30-39)60-37-61(54(58(12,13)14)53(60)57(9,10)11)45-31-41(40-20-16-15-17-21-40)32-47(35-45)63-46-24-25-49-48-22-18-19-23-50(48)62(51(49)36-46)52-34-42(26-27-59-52)55(3,4)5/h15-27,29-36,38H,28,37H2,1-14H3. The fourth-order valence-corrected chi connectivity index (χ4v) is 9.33. The van der Waals surface area contributed by atoms with Gasteiger partial charge in [-0.15, -0.1) is 0 Å². The van der Waals surface area contributed by atoms with Crippen molar-refractivity contribution in [2.45, 2.75) is 114 Å². The van der Waals surface area contributed by atoms with Gasteiger partial charge in [-0.1, -0.05) is 152 Å². The number of aromatic nitrogens is 2. The van der Waals surface area contributed by atoms with Gasteiger partial charge in [0.05, 0.1) is 17.7 Å². The highest BCUT2D eigenvalue weighted by Gasteiger charge is 2.42. The first kappa shape index (κ1) is 43.8. The summed E-state index contributed by atoms with van der Waals surface area (Å²) in [6.07, 6.45) is 2.98. The summed E-state index contributed by atoms with van der Waals surface area (Å²) in [5, 5.41) is 2.35. The van der Waals surface area contributed by atoms with Gasteiger partial charge in [-0.05, 0) is 106 Å². The predicted octanol–water partition coefficient (Wildman–Crippen LogP) is 16.0. The van der Waals surface area contributed by atoms with E-state index in [0.29, 0.717) is 12.6 Å². The molecule has 0 unspecified atom stereocenters. The van der Waals surface area contributed by atoms with E-state index in [9.17, 15) is 0 Å². The lowest BCUT2D eigenvalue weighted by Crippen LogP contribution is -2.31. The maximum absolute atomic E-state index is 7.06. The lowest BCUT2D eigenvalue weighted by molar-refractivity contribution is 0.444. The lowest BCUT2D eigenvalue weighted by atomic mass is 9.81. The molecule has 5 nitrogen and oxygen atoms in total. The summed E-state index contributed by atoms with van der Waals surface area (Å²) in [5.41, 5.74) is 13.2. The first-order valence-corrected chi connectivity index (χ1v) is 22.9. The molecule has 3 heterocycles. The van der Waals surface area contributed by atoms with Crippen LogP contribution in [-0.2, 0) is 17.3 Å². The van der Waals surface area contributed by atoms with Crippen molar-refractivity contribution in [2.24, 2.45) is 16.7 Å². The Morgan fingerprint density at radius 1 is 0.524 bits per heavy atom. The van der Waals surface area contributed by atoms with Crippen LogP contribution in [0.15, 0.2) is 139 Å². The largest absolute Gasteiger partial charge is 0.457 e. The summed E-state index contributed by atoms with van der Waals surface area (Å²) >= 11 is 0. The smallest absolute Gasteiger partial charge is 0.137 e. The van der Waals surface area contributed by atoms with Crippen molar-refractivity contribution in [2.75, 3.05) is 16.5 Å². The number of hydrogen-bond acceptors (Lipinski definition) is 4. The van der Waals surface area contributed by atoms with E-state index in [1.165, 1.54) is 44.5 Å². The monoisotopic (exact) mass is 837 g/mol. The summed E-state index contributed by atoms with van der Waals surface area (Å²) in [6.45, 7) is 33.3. The van der Waals surface area contributed by atoms with Crippen LogP contribution in [0, 0.1) is 16.7 Å². The zero-order chi connectivity index (χ0) is 45.2. The molecule has 7 aromatic rings. The van der Waals surface area contributed by atoms with Crippen molar-refractivity contribution >= 4 is 33.2 Å². The number of rotatable bonds is 8. The van der Waals surface area contributed by atoms with E-state index in [-0.39, 0.29) is 21.7 Å². The summed E-state index contributed by atoms with van der Waals surface area (Å²) in [5.74, 6) is 3.03. The summed E-state index contributed by atoms with van der Waals surface area (Å²) in [4.78, 5) is 10.1. The molecule has 0 atom stereocenters. The molecule has 2 aromatic heterocycles. The zero-order valence-corrected chi connectivity index (χ0v) is 40.3. The van der Waals surface area contributed by atoms with Crippen LogP contribution in [0.25, 0.3) is 38.8 Å². The van der Waals surface area contributed by atoms with Crippen LogP contribution in [0.4, 0.5) is 11.4 Å². The van der Waals surface area contributed by atoms with Crippen LogP contribution < -0.4 is 14.5 Å². The topological polar surface area (TPSA) is 33.5 Å². The average molecular weight is 837 g/mol. The number of pyridine rings is 1. The highest BCUT2D eigenvalue weighted by molar-refractivity contribution is 6.09. The second kappa shape index (κ2) is 16.1. The molecule has 63 heavy (non-hydrogen) atoms. The van der Waals surface area contributed by atoms with E-state index >= 15 is 0 Å². The van der Waals surface area contributed by atoms with Gasteiger partial charge in [0, 0.05) is 62.7 Å². The molecule has 0 bridgehead atoms. The number of para-hydroxylation sites is 1. The molecule has 0 fully saturated rings. The molecule has 8 rings (SSSR count). The molecule has 326 valence electrons. The predicted molar refractivity (Wildman–Crippen MR) is 269 cm³/mol. The lowest BCUT2D eigenvalue weighted by Gasteiger charge is -2.34. The Morgan fingerprint density at radius 2 is 1.14 bits per heavy atom. The van der Waals surface area contributed by atoms with Crippen molar-refractivity contribution in [3.05, 3.63) is 156 Å². The van der Waals surface area contributed by atoms with E-state index < -0.39 is 0 Å². The second-order valence-electron chi connectivity index (χ2n) is 22.3. The Labute approximate surface area is 377 Å². The molecule has 0 radical (unpaired) electrons. The molecule has 0 aliphatic carbocycles. The van der Waals surface area contributed by atoms with Gasteiger partial charge in [-0.25, -0.2) is 4.98 Å². The van der Waals surface area contributed by atoms with Crippen molar-refractivity contribution in [3.8, 4) is 28.4 Å². The third-order valence-corrected chi connectivity index (χ3v) is 12.3. The minimum Gasteiger partial charge on any atom is -0.457 e. The third kappa shape index (κ3) is 8.90. The molecule has 0 saturated carbocycles. The van der Waals surface area contributed by atoms with Crippen molar-refractivity contribution < 1.29 is 4.74 Å². The summed E-state index contributed by atoms with van der Waals surface area (Å²) in [7, 11) is 0. The minimum absolute atomic E-state index is 0.0125. The molecule has 0 N–H and O–H groups in total. The number of ether oxygens (including phenoxy) is 1. The van der Waals surface area contributed by atoms with Crippen LogP contribution in [-0.4, -0.2) is 16.2 Å². The van der Waals surface area contributed by atoms with Gasteiger partial charge in [0.1, 0.15) is 17.3 Å². The summed E-state index contributed by atoms with van der Waals surface area (Å²) in [6, 6.07) is 44.3. The first-order chi connectivity index (χ1) is 29.6. The average Bonchev–Trinajstić information content (AvgIpc) is 3.78. The van der Waals surface area contributed by atoms with Crippen LogP contribution in [0.1, 0.15) is 114 Å². The van der Waals surface area contributed by atoms with E-state index in [2.05, 4.69) is 233 Å². The normalized spacial score (nSPS) is 14.2. The molecule has 5 aromatic carbocycles. The number of allylic oxidation sites excluding steroid dienone is 2. The SMILES string of the molecule is CC(C)Cc1cc(N2CN(c3cc(Oc4ccc5c6ccccc6n(-c6cc(C(C)(C)C)ccn6)c5c4)cc(-c4ccccc4)c3)C(C(C)(C)C)=C2C(C)(C)C)cc(C(C)(C)C)c1. The van der Waals surface area contributed by atoms with Gasteiger partial charge < -0.3 is 14.5 Å². The van der Waals surface area contributed by atoms with Gasteiger partial charge in [0.15, 0.2) is 0 Å². The summed E-state index contributed by atoms with van der Waals surface area (Å²) < 4.78 is 9.34. The van der Waals surface area contributed by atoms with Crippen molar-refractivity contribution in [1.29, 1.82) is 0 Å². The number of hydrogen-bond donors (Lipinski definition) is 0. The molecule has 0 spiro atoms. The highest BCUT2D eigenvalue weighted by atomic mass is 16.5. The maximum Gasteiger partial charge on any atom is 0.137 e. The van der Waals surface area contributed by atoms with Gasteiger partial charge in [0.2, 0.25) is 0 Å². The fourth-order valence-electron chi connectivity index (χ4n) is 9.33. The number of nitrogens with zero attached hydrogens (tertiary/aromatic N) is 4. The molecule has 5 heteroatoms. The highest BCUT2D eigenvalue weighted by Crippen LogP contribution is 2.49. The molecule has 0 saturated heterocycles. The minimum atomic E-state index is -0.166. The van der Waals surface area contributed by atoms with E-state index in [0.717, 1.165) is 51.6 Å². The maximum atomic E-state index is 7.06. The number of anilines is 2. The van der Waals surface area contributed by atoms with Crippen LogP contribution >= 0.6 is 0 Å². The Morgan fingerprint density at radius 3 is 1.78 bits per heavy atom. The van der Waals surface area contributed by atoms with Gasteiger partial charge >= 0.3 is 0 Å². The van der Waals surface area contributed by atoms with Gasteiger partial charge in [-0.3, -0.25) is 4.57 Å². The zero-order valence-electron chi connectivity index (χ0n) is 40.3. The van der Waals surface area contributed by atoms with E-state index in [1.54, 1.807) is 0 Å². The number of benzene rings is 5. The fraction of sp³-hybridized carbons (Fsp3) is 0.362. The van der Waals surface area contributed by atoms with Crippen LogP contribution in [0.3, 0.4) is 0 Å². The molecule has 1 aliphatic heterocycles. The van der Waals surface area contributed by atoms with Gasteiger partial charge in [-0.2, -0.15) is 0 Å². The van der Waals surface area contributed by atoms with Crippen LogP contribution in [0.2, 0.25) is 0 Å². The van der Waals surface area contributed by atoms with Crippen molar-refractivity contribution in [3.63, 3.8) is 0 Å². The molecular weight excluding hydrogens is 769 g/mol. The second-order valence-corrected chi connectivity index (χ2v) is 22.3. The van der Waals surface area contributed by atoms with E-state index in [4.69, 9.17) is 9.72 Å². The third-order valence-electron chi connectivity index (χ3n) is 12.3. The van der Waals surface area contributed by atoms with Crippen LogP contribution in [0.5, 0.6) is 11.5 Å². The Balaban J connectivity index is 1.29. The molecule has 1 aliphatic rings. The quantitative estimate of drug-likeness (QED) is 0.153. The Kier molecular flexibility index (Phi) is 11.2. The Bertz CT molecular complexity index is 2830. The van der Waals surface area contributed by atoms with E-state index in [1.807, 2.05) is 6.20 Å². The molecular formula is C58H68N4O.